The van der Waals surface area contributed by atoms with Gasteiger partial charge in [0.15, 0.2) is 0 Å². The van der Waals surface area contributed by atoms with Crippen LogP contribution in [-0.4, -0.2) is 18.4 Å². The van der Waals surface area contributed by atoms with Gasteiger partial charge < -0.3 is 22.1 Å². The normalized spacial score (nSPS) is 11.0. The minimum atomic E-state index is -0.368. The first kappa shape index (κ1) is 16.8. The first-order valence-electron chi connectivity index (χ1n) is 6.89. The van der Waals surface area contributed by atoms with Crippen molar-refractivity contribution in [2.24, 2.45) is 11.1 Å². The summed E-state index contributed by atoms with van der Waals surface area (Å²) < 4.78 is 0. The Balaban J connectivity index is 2.61. The largest absolute Gasteiger partial charge is 0.397 e. The lowest BCUT2D eigenvalue weighted by atomic mass is 9.92. The average molecular weight is 292 g/mol. The van der Waals surface area contributed by atoms with Gasteiger partial charge in [-0.05, 0) is 23.6 Å². The Hall–Kier alpha value is -2.24. The molecule has 0 aliphatic heterocycles. The molecule has 0 saturated carbocycles. The number of amides is 2. The van der Waals surface area contributed by atoms with Gasteiger partial charge in [0.1, 0.15) is 0 Å². The third-order valence-corrected chi connectivity index (χ3v) is 2.71. The molecule has 0 radical (unpaired) electrons. The van der Waals surface area contributed by atoms with Crippen molar-refractivity contribution in [1.82, 2.24) is 0 Å². The molecule has 0 unspecified atom stereocenters. The van der Waals surface area contributed by atoms with Gasteiger partial charge in [0.05, 0.1) is 11.4 Å². The standard InChI is InChI=1S/C15H24N4O2/c1-15(2,3)9-14(21)19-10-4-5-12(11(16)8-10)18-7-6-13(17)20/h4-5,8,18H,6-7,9,16H2,1-3H3,(H2,17,20)(H,19,21). The molecule has 2 amide bonds. The minimum absolute atomic E-state index is 0.0451. The number of hydrogen-bond acceptors (Lipinski definition) is 4. The van der Waals surface area contributed by atoms with Crippen molar-refractivity contribution in [3.8, 4) is 0 Å². The van der Waals surface area contributed by atoms with Crippen molar-refractivity contribution in [1.29, 1.82) is 0 Å². The Morgan fingerprint density at radius 3 is 2.43 bits per heavy atom. The van der Waals surface area contributed by atoms with Gasteiger partial charge in [-0.2, -0.15) is 0 Å². The number of primary amides is 1. The SMILES string of the molecule is CC(C)(C)CC(=O)Nc1ccc(NCCC(N)=O)c(N)c1. The zero-order chi connectivity index (χ0) is 16.0. The number of anilines is 3. The third-order valence-electron chi connectivity index (χ3n) is 2.71. The highest BCUT2D eigenvalue weighted by molar-refractivity contribution is 5.92. The summed E-state index contributed by atoms with van der Waals surface area (Å²) in [6, 6.07) is 5.22. The second-order valence-corrected chi connectivity index (χ2v) is 6.23. The van der Waals surface area contributed by atoms with Crippen LogP contribution in [0.25, 0.3) is 0 Å². The van der Waals surface area contributed by atoms with Gasteiger partial charge in [-0.1, -0.05) is 20.8 Å². The van der Waals surface area contributed by atoms with Crippen LogP contribution >= 0.6 is 0 Å². The number of rotatable bonds is 6. The van der Waals surface area contributed by atoms with Gasteiger partial charge in [0, 0.05) is 25.1 Å². The smallest absolute Gasteiger partial charge is 0.224 e. The van der Waals surface area contributed by atoms with Crippen LogP contribution in [0.2, 0.25) is 0 Å². The van der Waals surface area contributed by atoms with Crippen LogP contribution in [0.3, 0.4) is 0 Å². The Kier molecular flexibility index (Phi) is 5.58. The summed E-state index contributed by atoms with van der Waals surface area (Å²) >= 11 is 0. The highest BCUT2D eigenvalue weighted by Gasteiger charge is 2.16. The van der Waals surface area contributed by atoms with E-state index in [9.17, 15) is 9.59 Å². The first-order valence-corrected chi connectivity index (χ1v) is 6.89. The van der Waals surface area contributed by atoms with E-state index in [2.05, 4.69) is 10.6 Å². The van der Waals surface area contributed by atoms with Crippen molar-refractivity contribution in [2.45, 2.75) is 33.6 Å². The van der Waals surface area contributed by atoms with E-state index in [4.69, 9.17) is 11.5 Å². The molecule has 116 valence electrons. The van der Waals surface area contributed by atoms with Gasteiger partial charge >= 0.3 is 0 Å². The fourth-order valence-corrected chi connectivity index (χ4v) is 1.81. The van der Waals surface area contributed by atoms with Gasteiger partial charge in [-0.3, -0.25) is 9.59 Å². The van der Waals surface area contributed by atoms with Crippen molar-refractivity contribution in [2.75, 3.05) is 22.9 Å². The number of nitrogens with one attached hydrogen (secondary N) is 2. The lowest BCUT2D eigenvalue weighted by Gasteiger charge is -2.17. The summed E-state index contributed by atoms with van der Waals surface area (Å²) in [7, 11) is 0. The predicted molar refractivity (Wildman–Crippen MR) is 85.9 cm³/mol. The number of benzene rings is 1. The molecule has 0 spiro atoms. The number of carbonyl (C=O) groups is 2. The molecule has 0 fully saturated rings. The van der Waals surface area contributed by atoms with Crippen LogP contribution in [-0.2, 0) is 9.59 Å². The van der Waals surface area contributed by atoms with Crippen molar-refractivity contribution < 1.29 is 9.59 Å². The predicted octanol–water partition coefficient (Wildman–Crippen LogP) is 1.93. The van der Waals surface area contributed by atoms with Crippen molar-refractivity contribution >= 4 is 28.9 Å². The average Bonchev–Trinajstić information content (AvgIpc) is 2.28. The second-order valence-electron chi connectivity index (χ2n) is 6.23. The fraction of sp³-hybridized carbons (Fsp3) is 0.467. The first-order chi connectivity index (χ1) is 9.67. The van der Waals surface area contributed by atoms with Gasteiger partial charge in [-0.25, -0.2) is 0 Å². The van der Waals surface area contributed by atoms with Crippen LogP contribution in [0.1, 0.15) is 33.6 Å². The molecule has 0 atom stereocenters. The molecule has 1 rings (SSSR count). The molecular formula is C15H24N4O2. The number of nitrogen functional groups attached to an aromatic ring is 1. The van der Waals surface area contributed by atoms with Crippen LogP contribution in [0.4, 0.5) is 17.1 Å². The summed E-state index contributed by atoms with van der Waals surface area (Å²) in [6.45, 7) is 6.45. The Bertz CT molecular complexity index is 521. The summed E-state index contributed by atoms with van der Waals surface area (Å²) in [5.41, 5.74) is 12.8. The topological polar surface area (TPSA) is 110 Å². The number of carbonyl (C=O) groups excluding carboxylic acids is 2. The Morgan fingerprint density at radius 2 is 1.90 bits per heavy atom. The molecule has 1 aromatic rings. The highest BCUT2D eigenvalue weighted by Crippen LogP contribution is 2.24. The molecule has 21 heavy (non-hydrogen) atoms. The lowest BCUT2D eigenvalue weighted by Crippen LogP contribution is -2.20. The van der Waals surface area contributed by atoms with E-state index >= 15 is 0 Å². The van der Waals surface area contributed by atoms with E-state index in [1.165, 1.54) is 0 Å². The molecule has 0 heterocycles. The summed E-state index contributed by atoms with van der Waals surface area (Å²) in [5, 5.41) is 5.84. The monoisotopic (exact) mass is 292 g/mol. The van der Waals surface area contributed by atoms with Crippen LogP contribution in [0.15, 0.2) is 18.2 Å². The van der Waals surface area contributed by atoms with Crippen molar-refractivity contribution in [3.63, 3.8) is 0 Å². The molecule has 6 heteroatoms. The Labute approximate surface area is 125 Å². The van der Waals surface area contributed by atoms with Crippen molar-refractivity contribution in [3.05, 3.63) is 18.2 Å². The maximum Gasteiger partial charge on any atom is 0.224 e. The van der Waals surface area contributed by atoms with E-state index in [0.717, 1.165) is 0 Å². The Morgan fingerprint density at radius 1 is 1.24 bits per heavy atom. The van der Waals surface area contributed by atoms with Crippen LogP contribution in [0.5, 0.6) is 0 Å². The third kappa shape index (κ3) is 6.65. The molecule has 0 bridgehead atoms. The lowest BCUT2D eigenvalue weighted by molar-refractivity contribution is -0.118. The minimum Gasteiger partial charge on any atom is -0.397 e. The second kappa shape index (κ2) is 6.97. The maximum atomic E-state index is 11.9. The zero-order valence-electron chi connectivity index (χ0n) is 12.8. The van der Waals surface area contributed by atoms with E-state index in [0.29, 0.717) is 30.0 Å². The number of nitrogens with two attached hydrogens (primary N) is 2. The molecular weight excluding hydrogens is 268 g/mol. The fourth-order valence-electron chi connectivity index (χ4n) is 1.81. The van der Waals surface area contributed by atoms with Gasteiger partial charge in [0.2, 0.25) is 11.8 Å². The van der Waals surface area contributed by atoms with Gasteiger partial charge in [0.25, 0.3) is 0 Å². The molecule has 0 saturated heterocycles. The number of hydrogen-bond donors (Lipinski definition) is 4. The molecule has 6 N–H and O–H groups in total. The maximum absolute atomic E-state index is 11.9. The van der Waals surface area contributed by atoms with E-state index in [1.807, 2.05) is 20.8 Å². The van der Waals surface area contributed by atoms with Gasteiger partial charge in [-0.15, -0.1) is 0 Å². The zero-order valence-corrected chi connectivity index (χ0v) is 12.8. The van der Waals surface area contributed by atoms with E-state index in [1.54, 1.807) is 18.2 Å². The molecule has 1 aromatic carbocycles. The van der Waals surface area contributed by atoms with E-state index in [-0.39, 0.29) is 23.7 Å². The summed E-state index contributed by atoms with van der Waals surface area (Å²) in [4.78, 5) is 22.5. The quantitative estimate of drug-likeness (QED) is 0.600. The molecule has 0 aromatic heterocycles. The highest BCUT2D eigenvalue weighted by atomic mass is 16.1. The van der Waals surface area contributed by atoms with Crippen LogP contribution in [0, 0.1) is 5.41 Å². The molecule has 6 nitrogen and oxygen atoms in total. The summed E-state index contributed by atoms with van der Waals surface area (Å²) in [6.07, 6.45) is 0.676. The van der Waals surface area contributed by atoms with Crippen LogP contribution < -0.4 is 22.1 Å². The van der Waals surface area contributed by atoms with E-state index < -0.39 is 0 Å². The molecule has 0 aliphatic rings. The molecule has 0 aliphatic carbocycles. The summed E-state index contributed by atoms with van der Waals surface area (Å²) in [5.74, 6) is -0.413.